The van der Waals surface area contributed by atoms with Gasteiger partial charge in [-0.05, 0) is 12.1 Å². The van der Waals surface area contributed by atoms with E-state index >= 15 is 0 Å². The van der Waals surface area contributed by atoms with Crippen molar-refractivity contribution in [3.05, 3.63) is 23.8 Å². The van der Waals surface area contributed by atoms with Crippen LogP contribution in [0.25, 0.3) is 0 Å². The number of hydrogen-bond acceptors (Lipinski definition) is 3. The minimum atomic E-state index is 0.264. The number of ether oxygens (including phenoxy) is 2. The molecule has 5 nitrogen and oxygen atoms in total. The van der Waals surface area contributed by atoms with Crippen molar-refractivity contribution in [2.45, 2.75) is 6.54 Å². The van der Waals surface area contributed by atoms with E-state index < -0.39 is 0 Å². The molecule has 19 heavy (non-hydrogen) atoms. The minimum absolute atomic E-state index is 0.264. The molecule has 1 heterocycles. The molecule has 1 saturated heterocycles. The molecule has 0 saturated carbocycles. The lowest BCUT2D eigenvalue weighted by molar-refractivity contribution is -0.920. The fourth-order valence-electron chi connectivity index (χ4n) is 2.37. The van der Waals surface area contributed by atoms with Gasteiger partial charge in [0.15, 0.2) is 11.5 Å². The number of para-hydroxylation sites is 1. The summed E-state index contributed by atoms with van der Waals surface area (Å²) >= 11 is 0. The van der Waals surface area contributed by atoms with Crippen LogP contribution in [0.15, 0.2) is 18.2 Å². The summed E-state index contributed by atoms with van der Waals surface area (Å²) in [6, 6.07) is 5.63. The molecule has 0 aromatic heterocycles. The summed E-state index contributed by atoms with van der Waals surface area (Å²) in [5, 5.41) is 12.2. The number of methoxy groups -OCH3 is 1. The molecule has 0 spiro atoms. The molecular weight excluding hydrogens is 244 g/mol. The predicted molar refractivity (Wildman–Crippen MR) is 71.5 cm³/mol. The van der Waals surface area contributed by atoms with Gasteiger partial charge in [0.2, 0.25) is 0 Å². The zero-order valence-corrected chi connectivity index (χ0v) is 11.5. The number of benzene rings is 1. The van der Waals surface area contributed by atoms with E-state index in [1.807, 2.05) is 12.1 Å². The van der Waals surface area contributed by atoms with Gasteiger partial charge in [-0.1, -0.05) is 6.07 Å². The van der Waals surface area contributed by atoms with Crippen molar-refractivity contribution < 1.29 is 24.8 Å². The maximum absolute atomic E-state index is 9.97. The summed E-state index contributed by atoms with van der Waals surface area (Å²) in [6.45, 7) is 6.97. The van der Waals surface area contributed by atoms with Crippen LogP contribution in [0.2, 0.25) is 0 Å². The van der Waals surface area contributed by atoms with Crippen molar-refractivity contribution in [1.82, 2.24) is 0 Å². The van der Waals surface area contributed by atoms with Crippen LogP contribution < -0.4 is 15.0 Å². The Morgan fingerprint density at radius 3 is 2.89 bits per heavy atom. The second-order valence-corrected chi connectivity index (χ2v) is 4.86. The second kappa shape index (κ2) is 7.33. The summed E-state index contributed by atoms with van der Waals surface area (Å²) in [6.07, 6.45) is 0. The smallest absolute Gasteiger partial charge is 0.166 e. The van der Waals surface area contributed by atoms with Crippen LogP contribution >= 0.6 is 0 Å². The van der Waals surface area contributed by atoms with Crippen molar-refractivity contribution in [2.75, 3.05) is 46.5 Å². The lowest BCUT2D eigenvalue weighted by Gasteiger charge is -2.22. The zero-order chi connectivity index (χ0) is 13.5. The van der Waals surface area contributed by atoms with Crippen LogP contribution in [-0.2, 0) is 11.3 Å². The average molecular weight is 268 g/mol. The Kier molecular flexibility index (Phi) is 5.44. The first kappa shape index (κ1) is 14.1. The lowest BCUT2D eigenvalue weighted by Crippen LogP contribution is -3.16. The predicted octanol–water partition coefficient (Wildman–Crippen LogP) is -1.62. The van der Waals surface area contributed by atoms with E-state index in [9.17, 15) is 5.11 Å². The number of rotatable bonds is 6. The third kappa shape index (κ3) is 4.09. The van der Waals surface area contributed by atoms with Crippen LogP contribution in [0.3, 0.4) is 0 Å². The number of nitrogens with one attached hydrogen (secondary N) is 1. The summed E-state index contributed by atoms with van der Waals surface area (Å²) in [5.74, 6) is 0.810. The molecule has 1 aromatic rings. The fraction of sp³-hybridized carbons (Fsp3) is 0.571. The van der Waals surface area contributed by atoms with Crippen molar-refractivity contribution in [1.29, 1.82) is 0 Å². The first-order valence-electron chi connectivity index (χ1n) is 6.89. The van der Waals surface area contributed by atoms with Gasteiger partial charge in [-0.25, -0.2) is 0 Å². The topological polar surface area (TPSA) is 59.7 Å². The Morgan fingerprint density at radius 1 is 1.37 bits per heavy atom. The molecule has 1 aromatic carbocycles. The van der Waals surface area contributed by atoms with Gasteiger partial charge in [-0.3, -0.25) is 0 Å². The third-order valence-electron chi connectivity index (χ3n) is 3.57. The standard InChI is InChI=1S/C14H22N2O3/c1-18-13-4-2-3-12(14(13)17)11-15-5-6-16-7-9-19-10-8-16/h2-4,15,17H,5-11H2,1H3/p+2. The summed E-state index contributed by atoms with van der Waals surface area (Å²) in [7, 11) is 1.57. The Labute approximate surface area is 114 Å². The van der Waals surface area contributed by atoms with Crippen molar-refractivity contribution in [3.8, 4) is 11.5 Å². The van der Waals surface area contributed by atoms with Crippen molar-refractivity contribution >= 4 is 0 Å². The molecule has 0 radical (unpaired) electrons. The number of nitrogens with two attached hydrogens (primary N) is 1. The third-order valence-corrected chi connectivity index (χ3v) is 3.57. The minimum Gasteiger partial charge on any atom is -0.504 e. The quantitative estimate of drug-likeness (QED) is 0.544. The Morgan fingerprint density at radius 2 is 2.16 bits per heavy atom. The number of quaternary nitrogens is 2. The Balaban J connectivity index is 1.73. The molecule has 0 unspecified atom stereocenters. The summed E-state index contributed by atoms with van der Waals surface area (Å²) in [5.41, 5.74) is 0.927. The molecule has 0 bridgehead atoms. The molecule has 0 amide bonds. The van der Waals surface area contributed by atoms with E-state index in [1.165, 1.54) is 0 Å². The SMILES string of the molecule is COc1cccc(C[NH2+]CC[NH+]2CCOCC2)c1O. The van der Waals surface area contributed by atoms with Crippen molar-refractivity contribution in [3.63, 3.8) is 0 Å². The van der Waals surface area contributed by atoms with Crippen LogP contribution in [0.1, 0.15) is 5.56 Å². The first-order valence-corrected chi connectivity index (χ1v) is 6.89. The van der Waals surface area contributed by atoms with Crippen LogP contribution in [0, 0.1) is 0 Å². The Bertz CT molecular complexity index is 392. The maximum Gasteiger partial charge on any atom is 0.166 e. The largest absolute Gasteiger partial charge is 0.504 e. The average Bonchev–Trinajstić information content (AvgIpc) is 2.46. The zero-order valence-electron chi connectivity index (χ0n) is 11.5. The van der Waals surface area contributed by atoms with Gasteiger partial charge >= 0.3 is 0 Å². The highest BCUT2D eigenvalue weighted by atomic mass is 16.5. The highest BCUT2D eigenvalue weighted by Gasteiger charge is 2.14. The van der Waals surface area contributed by atoms with Crippen molar-refractivity contribution in [2.24, 2.45) is 0 Å². The van der Waals surface area contributed by atoms with Gasteiger partial charge in [0.1, 0.15) is 32.7 Å². The van der Waals surface area contributed by atoms with E-state index in [2.05, 4.69) is 5.32 Å². The Hall–Kier alpha value is -1.30. The van der Waals surface area contributed by atoms with E-state index in [0.29, 0.717) is 5.75 Å². The van der Waals surface area contributed by atoms with Gasteiger partial charge in [-0.15, -0.1) is 0 Å². The number of phenolic OH excluding ortho intramolecular Hbond substituents is 1. The van der Waals surface area contributed by atoms with E-state index in [-0.39, 0.29) is 5.75 Å². The van der Waals surface area contributed by atoms with Gasteiger partial charge < -0.3 is 24.8 Å². The monoisotopic (exact) mass is 268 g/mol. The summed E-state index contributed by atoms with van der Waals surface area (Å²) < 4.78 is 10.4. The van der Waals surface area contributed by atoms with Gasteiger partial charge in [0, 0.05) is 0 Å². The molecule has 0 atom stereocenters. The van der Waals surface area contributed by atoms with Gasteiger partial charge in [-0.2, -0.15) is 0 Å². The first-order chi connectivity index (χ1) is 9.31. The van der Waals surface area contributed by atoms with Crippen LogP contribution in [-0.4, -0.2) is 51.6 Å². The number of morpholine rings is 1. The van der Waals surface area contributed by atoms with E-state index in [1.54, 1.807) is 18.1 Å². The number of phenols is 1. The molecule has 2 rings (SSSR count). The van der Waals surface area contributed by atoms with Crippen LogP contribution in [0.4, 0.5) is 0 Å². The normalized spacial score (nSPS) is 16.5. The molecule has 0 aliphatic carbocycles. The molecule has 1 fully saturated rings. The van der Waals surface area contributed by atoms with Gasteiger partial charge in [0.25, 0.3) is 0 Å². The maximum atomic E-state index is 9.97. The molecular formula is C14H24N2O3+2. The van der Waals surface area contributed by atoms with Gasteiger partial charge in [0.05, 0.1) is 25.9 Å². The number of aromatic hydroxyl groups is 1. The molecule has 5 heteroatoms. The van der Waals surface area contributed by atoms with E-state index in [4.69, 9.17) is 9.47 Å². The molecule has 1 aliphatic rings. The molecule has 4 N–H and O–H groups in total. The highest BCUT2D eigenvalue weighted by molar-refractivity contribution is 5.44. The lowest BCUT2D eigenvalue weighted by atomic mass is 10.2. The summed E-state index contributed by atoms with van der Waals surface area (Å²) in [4.78, 5) is 1.61. The van der Waals surface area contributed by atoms with Crippen LogP contribution in [0.5, 0.6) is 11.5 Å². The molecule has 106 valence electrons. The van der Waals surface area contributed by atoms with E-state index in [0.717, 1.165) is 51.5 Å². The fourth-order valence-corrected chi connectivity index (χ4v) is 2.37. The highest BCUT2D eigenvalue weighted by Crippen LogP contribution is 2.28. The molecule has 1 aliphatic heterocycles. The number of hydrogen-bond donors (Lipinski definition) is 3. The second-order valence-electron chi connectivity index (χ2n) is 4.86.